The summed E-state index contributed by atoms with van der Waals surface area (Å²) >= 11 is 1.39. The molecule has 0 fully saturated rings. The number of hydrogen-bond donors (Lipinski definition) is 3. The first kappa shape index (κ1) is 17.7. The Bertz CT molecular complexity index is 1220. The second kappa shape index (κ2) is 7.53. The second-order valence-corrected chi connectivity index (χ2v) is 6.76. The first-order valence-corrected chi connectivity index (χ1v) is 9.26. The molecule has 8 heteroatoms. The lowest BCUT2D eigenvalue weighted by molar-refractivity contribution is 0.415. The molecule has 0 saturated heterocycles. The highest BCUT2D eigenvalue weighted by Gasteiger charge is 2.11. The van der Waals surface area contributed by atoms with Crippen LogP contribution in [0.25, 0.3) is 22.2 Å². The Balaban J connectivity index is 1.59. The molecular weight excluding hydrogens is 376 g/mol. The molecule has 0 bridgehead atoms. The topological polar surface area (TPSA) is 99.6 Å². The summed E-state index contributed by atoms with van der Waals surface area (Å²) in [4.78, 5) is 19.4. The van der Waals surface area contributed by atoms with E-state index in [1.807, 2.05) is 35.7 Å². The number of fused-ring (bicyclic) bond motifs is 1. The van der Waals surface area contributed by atoms with Crippen molar-refractivity contribution < 1.29 is 9.84 Å². The second-order valence-electron chi connectivity index (χ2n) is 5.90. The minimum atomic E-state index is -0.440. The maximum Gasteiger partial charge on any atom is 0.261 e. The molecule has 140 valence electrons. The first-order valence-electron chi connectivity index (χ1n) is 8.39. The highest BCUT2D eigenvalue weighted by atomic mass is 32.1. The summed E-state index contributed by atoms with van der Waals surface area (Å²) in [7, 11) is 1.54. The van der Waals surface area contributed by atoms with Gasteiger partial charge in [0, 0.05) is 16.3 Å². The van der Waals surface area contributed by atoms with Crippen molar-refractivity contribution in [3.63, 3.8) is 0 Å². The van der Waals surface area contributed by atoms with E-state index in [0.717, 1.165) is 11.3 Å². The van der Waals surface area contributed by atoms with Gasteiger partial charge >= 0.3 is 0 Å². The fourth-order valence-corrected chi connectivity index (χ4v) is 3.40. The van der Waals surface area contributed by atoms with Gasteiger partial charge in [0.05, 0.1) is 24.5 Å². The maximum atomic E-state index is 12.3. The number of hydrogen-bond acceptors (Lipinski definition) is 7. The number of nitrogens with one attached hydrogen (secondary N) is 2. The lowest BCUT2D eigenvalue weighted by atomic mass is 10.1. The number of rotatable bonds is 5. The van der Waals surface area contributed by atoms with E-state index in [2.05, 4.69) is 20.5 Å². The molecule has 2 aromatic carbocycles. The van der Waals surface area contributed by atoms with Gasteiger partial charge in [0.15, 0.2) is 0 Å². The third kappa shape index (κ3) is 3.45. The van der Waals surface area contributed by atoms with Crippen molar-refractivity contribution in [3.8, 4) is 22.8 Å². The van der Waals surface area contributed by atoms with Crippen LogP contribution in [0.2, 0.25) is 0 Å². The zero-order valence-electron chi connectivity index (χ0n) is 14.8. The number of thiazole rings is 1. The van der Waals surface area contributed by atoms with Crippen LogP contribution in [0.3, 0.4) is 0 Å². The molecule has 0 aliphatic rings. The van der Waals surface area contributed by atoms with Gasteiger partial charge in [0.1, 0.15) is 17.1 Å². The summed E-state index contributed by atoms with van der Waals surface area (Å²) in [5, 5.41) is 17.5. The van der Waals surface area contributed by atoms with Crippen molar-refractivity contribution in [2.75, 3.05) is 12.5 Å². The van der Waals surface area contributed by atoms with E-state index in [4.69, 9.17) is 4.74 Å². The Hall–Kier alpha value is -3.65. The van der Waals surface area contributed by atoms with E-state index in [-0.39, 0.29) is 11.3 Å². The number of ether oxygens (including phenoxy) is 1. The molecule has 28 heavy (non-hydrogen) atoms. The van der Waals surface area contributed by atoms with Crippen molar-refractivity contribution in [1.82, 2.24) is 9.97 Å². The Kier molecular flexibility index (Phi) is 4.77. The third-order valence-electron chi connectivity index (χ3n) is 4.16. The van der Waals surface area contributed by atoms with Crippen molar-refractivity contribution in [2.45, 2.75) is 0 Å². The number of pyridine rings is 1. The molecule has 7 nitrogen and oxygen atoms in total. The minimum absolute atomic E-state index is 0.0492. The molecule has 0 amide bonds. The summed E-state index contributed by atoms with van der Waals surface area (Å²) < 4.78 is 5.17. The molecule has 2 heterocycles. The van der Waals surface area contributed by atoms with E-state index in [1.54, 1.807) is 18.2 Å². The van der Waals surface area contributed by atoms with Crippen molar-refractivity contribution >= 4 is 33.6 Å². The van der Waals surface area contributed by atoms with Crippen LogP contribution in [0.1, 0.15) is 5.56 Å². The highest BCUT2D eigenvalue weighted by Crippen LogP contribution is 2.28. The van der Waals surface area contributed by atoms with Gasteiger partial charge in [-0.15, -0.1) is 11.3 Å². The van der Waals surface area contributed by atoms with Crippen molar-refractivity contribution in [3.05, 3.63) is 69.8 Å². The van der Waals surface area contributed by atoms with Crippen LogP contribution in [0, 0.1) is 0 Å². The van der Waals surface area contributed by atoms with Gasteiger partial charge in [0.25, 0.3) is 5.56 Å². The minimum Gasteiger partial charge on any atom is -0.506 e. The van der Waals surface area contributed by atoms with E-state index < -0.39 is 5.56 Å². The van der Waals surface area contributed by atoms with E-state index in [9.17, 15) is 9.90 Å². The molecule has 3 N–H and O–H groups in total. The smallest absolute Gasteiger partial charge is 0.261 e. The van der Waals surface area contributed by atoms with Gasteiger partial charge in [-0.3, -0.25) is 10.2 Å². The molecule has 4 rings (SSSR count). The monoisotopic (exact) mass is 392 g/mol. The molecule has 4 aromatic rings. The fourth-order valence-electron chi connectivity index (χ4n) is 2.74. The van der Waals surface area contributed by atoms with Crippen molar-refractivity contribution in [1.29, 1.82) is 0 Å². The SMILES string of the molecule is COc1ccc2[nH]c(=O)c(/C=N/Nc3nc(-c4ccccc4)cs3)c(O)c2c1. The van der Waals surface area contributed by atoms with E-state index in [1.165, 1.54) is 24.7 Å². The fraction of sp³-hybridized carbons (Fsp3) is 0.0500. The molecule has 0 aliphatic carbocycles. The quantitative estimate of drug-likeness (QED) is 0.354. The molecule has 0 atom stereocenters. The average molecular weight is 392 g/mol. The molecular formula is C20H16N4O3S. The largest absolute Gasteiger partial charge is 0.506 e. The number of nitrogens with zero attached hydrogens (tertiary/aromatic N) is 2. The van der Waals surface area contributed by atoms with E-state index in [0.29, 0.717) is 21.8 Å². The molecule has 0 radical (unpaired) electrons. The molecule has 0 spiro atoms. The Labute approximate surface area is 164 Å². The molecule has 0 aliphatic heterocycles. The Morgan fingerprint density at radius 2 is 2.07 bits per heavy atom. The van der Waals surface area contributed by atoms with Crippen LogP contribution < -0.4 is 15.7 Å². The van der Waals surface area contributed by atoms with Crippen LogP contribution >= 0.6 is 11.3 Å². The zero-order chi connectivity index (χ0) is 19.5. The summed E-state index contributed by atoms with van der Waals surface area (Å²) in [5.41, 5.74) is 4.76. The third-order valence-corrected chi connectivity index (χ3v) is 4.90. The summed E-state index contributed by atoms with van der Waals surface area (Å²) in [6.45, 7) is 0. The Morgan fingerprint density at radius 1 is 1.25 bits per heavy atom. The predicted molar refractivity (Wildman–Crippen MR) is 112 cm³/mol. The number of anilines is 1. The highest BCUT2D eigenvalue weighted by molar-refractivity contribution is 7.14. The number of methoxy groups -OCH3 is 1. The summed E-state index contributed by atoms with van der Waals surface area (Å²) in [6, 6.07) is 14.8. The zero-order valence-corrected chi connectivity index (χ0v) is 15.7. The standard InChI is InChI=1S/C20H16N4O3S/c1-27-13-7-8-16-14(9-13)18(25)15(19(26)22-16)10-21-24-20-23-17(11-28-20)12-5-3-2-4-6-12/h2-11H,1H3,(H,23,24)(H2,22,25,26)/b21-10+. The van der Waals surface area contributed by atoms with Gasteiger partial charge in [-0.25, -0.2) is 4.98 Å². The van der Waals surface area contributed by atoms with Gasteiger partial charge in [0.2, 0.25) is 5.13 Å². The number of aromatic amines is 1. The average Bonchev–Trinajstić information content (AvgIpc) is 3.20. The maximum absolute atomic E-state index is 12.3. The van der Waals surface area contributed by atoms with Gasteiger partial charge in [-0.1, -0.05) is 30.3 Å². The van der Waals surface area contributed by atoms with Crippen molar-refractivity contribution in [2.24, 2.45) is 5.10 Å². The number of hydrazone groups is 1. The van der Waals surface area contributed by atoms with Gasteiger partial charge in [-0.2, -0.15) is 5.10 Å². The summed E-state index contributed by atoms with van der Waals surface area (Å²) in [5.74, 6) is 0.416. The number of aromatic hydroxyl groups is 1. The van der Waals surface area contributed by atoms with Crippen LogP contribution in [-0.4, -0.2) is 28.4 Å². The lowest BCUT2D eigenvalue weighted by Gasteiger charge is -2.06. The molecule has 2 aromatic heterocycles. The molecule has 0 saturated carbocycles. The molecule has 0 unspecified atom stereocenters. The van der Waals surface area contributed by atoms with Crippen LogP contribution in [0.5, 0.6) is 11.5 Å². The van der Waals surface area contributed by atoms with Crippen LogP contribution in [-0.2, 0) is 0 Å². The summed E-state index contributed by atoms with van der Waals surface area (Å²) in [6.07, 6.45) is 1.27. The van der Waals surface area contributed by atoms with Gasteiger partial charge < -0.3 is 14.8 Å². The van der Waals surface area contributed by atoms with Crippen LogP contribution in [0.4, 0.5) is 5.13 Å². The predicted octanol–water partition coefficient (Wildman–Crippen LogP) is 3.81. The number of benzene rings is 2. The Morgan fingerprint density at radius 3 is 2.86 bits per heavy atom. The number of H-pyrrole nitrogens is 1. The van der Waals surface area contributed by atoms with Gasteiger partial charge in [-0.05, 0) is 18.2 Å². The number of aromatic nitrogens is 2. The normalized spacial score (nSPS) is 11.2. The van der Waals surface area contributed by atoms with E-state index >= 15 is 0 Å². The van der Waals surface area contributed by atoms with Crippen LogP contribution in [0.15, 0.2) is 63.8 Å². The lowest BCUT2D eigenvalue weighted by Crippen LogP contribution is -2.13. The first-order chi connectivity index (χ1) is 13.7.